The van der Waals surface area contributed by atoms with Gasteiger partial charge in [0.15, 0.2) is 0 Å². The molecule has 21 heavy (non-hydrogen) atoms. The highest BCUT2D eigenvalue weighted by Gasteiger charge is 2.03. The summed E-state index contributed by atoms with van der Waals surface area (Å²) >= 11 is 0. The van der Waals surface area contributed by atoms with Crippen molar-refractivity contribution in [2.24, 2.45) is 5.92 Å². The van der Waals surface area contributed by atoms with Crippen LogP contribution in [0, 0.1) is 5.92 Å². The first kappa shape index (κ1) is 19.9. The first-order valence-electron chi connectivity index (χ1n) is 8.39. The highest BCUT2D eigenvalue weighted by Crippen LogP contribution is 2.10. The molecule has 1 N–H and O–H groups in total. The topological polar surface area (TPSA) is 63.6 Å². The summed E-state index contributed by atoms with van der Waals surface area (Å²) in [5, 5.41) is 8.50. The monoisotopic (exact) mass is 300 g/mol. The molecule has 0 bridgehead atoms. The van der Waals surface area contributed by atoms with Gasteiger partial charge in [0.1, 0.15) is 0 Å². The molecule has 124 valence electrons. The Morgan fingerprint density at radius 2 is 1.43 bits per heavy atom. The first-order valence-corrected chi connectivity index (χ1v) is 8.39. The summed E-state index contributed by atoms with van der Waals surface area (Å²) in [5.74, 6) is -0.0761. The van der Waals surface area contributed by atoms with Gasteiger partial charge in [0.05, 0.1) is 6.61 Å². The molecule has 0 aromatic rings. The van der Waals surface area contributed by atoms with Crippen LogP contribution in [0.1, 0.15) is 84.5 Å². The molecule has 4 nitrogen and oxygen atoms in total. The van der Waals surface area contributed by atoms with E-state index in [1.165, 1.54) is 6.42 Å². The molecule has 0 aliphatic rings. The van der Waals surface area contributed by atoms with E-state index in [2.05, 4.69) is 13.8 Å². The van der Waals surface area contributed by atoms with Crippen molar-refractivity contribution in [3.63, 3.8) is 0 Å². The summed E-state index contributed by atoms with van der Waals surface area (Å²) in [4.78, 5) is 21.8. The van der Waals surface area contributed by atoms with Gasteiger partial charge in [-0.15, -0.1) is 0 Å². The van der Waals surface area contributed by atoms with Crippen LogP contribution in [0.15, 0.2) is 0 Å². The number of aliphatic carboxylic acids is 1. The second kappa shape index (κ2) is 13.9. The number of hydrogen-bond acceptors (Lipinski definition) is 3. The number of carboxylic acid groups (broad SMARTS) is 1. The van der Waals surface area contributed by atoms with Crippen molar-refractivity contribution in [1.29, 1.82) is 0 Å². The summed E-state index contributed by atoms with van der Waals surface area (Å²) in [6.07, 6.45) is 9.81. The van der Waals surface area contributed by atoms with Gasteiger partial charge in [0.2, 0.25) is 0 Å². The lowest BCUT2D eigenvalue weighted by Crippen LogP contribution is -2.05. The van der Waals surface area contributed by atoms with Crippen molar-refractivity contribution in [3.8, 4) is 0 Å². The molecule has 0 fully saturated rings. The van der Waals surface area contributed by atoms with Crippen molar-refractivity contribution in [3.05, 3.63) is 0 Å². The fourth-order valence-corrected chi connectivity index (χ4v) is 2.17. The molecule has 0 unspecified atom stereocenters. The van der Waals surface area contributed by atoms with Gasteiger partial charge < -0.3 is 9.84 Å². The van der Waals surface area contributed by atoms with Crippen LogP contribution in [0.5, 0.6) is 0 Å². The molecule has 0 aromatic heterocycles. The van der Waals surface area contributed by atoms with Crippen LogP contribution in [-0.2, 0) is 14.3 Å². The van der Waals surface area contributed by atoms with Gasteiger partial charge in [0, 0.05) is 12.8 Å². The second-order valence-electron chi connectivity index (χ2n) is 6.13. The van der Waals surface area contributed by atoms with E-state index >= 15 is 0 Å². The minimum atomic E-state index is -0.717. The maximum absolute atomic E-state index is 11.5. The Kier molecular flexibility index (Phi) is 13.2. The van der Waals surface area contributed by atoms with Crippen LogP contribution in [0.25, 0.3) is 0 Å². The number of rotatable bonds is 14. The summed E-state index contributed by atoms with van der Waals surface area (Å²) in [5.41, 5.74) is 0. The van der Waals surface area contributed by atoms with Crippen molar-refractivity contribution >= 4 is 11.9 Å². The smallest absolute Gasteiger partial charge is 0.305 e. The molecule has 0 saturated carbocycles. The normalized spacial score (nSPS) is 10.8. The quantitative estimate of drug-likeness (QED) is 0.377. The molecule has 0 radical (unpaired) electrons. The summed E-state index contributed by atoms with van der Waals surface area (Å²) in [7, 11) is 0. The molecule has 0 atom stereocenters. The predicted octanol–water partition coefficient (Wildman–Crippen LogP) is 4.56. The SMILES string of the molecule is CC(C)CCCCOC(=O)CCCCCCCCC(=O)O. The van der Waals surface area contributed by atoms with Crippen molar-refractivity contribution < 1.29 is 19.4 Å². The fourth-order valence-electron chi connectivity index (χ4n) is 2.17. The van der Waals surface area contributed by atoms with Gasteiger partial charge in [-0.05, 0) is 31.6 Å². The Bertz CT molecular complexity index is 274. The van der Waals surface area contributed by atoms with E-state index in [1.807, 2.05) is 0 Å². The van der Waals surface area contributed by atoms with E-state index in [4.69, 9.17) is 9.84 Å². The van der Waals surface area contributed by atoms with Crippen LogP contribution in [0.2, 0.25) is 0 Å². The molecule has 0 rings (SSSR count). The lowest BCUT2D eigenvalue weighted by atomic mass is 10.1. The van der Waals surface area contributed by atoms with Gasteiger partial charge in [0.25, 0.3) is 0 Å². The standard InChI is InChI=1S/C17H32O4/c1-15(2)11-9-10-14-21-17(20)13-8-6-4-3-5-7-12-16(18)19/h15H,3-14H2,1-2H3,(H,18,19). The van der Waals surface area contributed by atoms with E-state index in [-0.39, 0.29) is 12.4 Å². The third-order valence-electron chi connectivity index (χ3n) is 3.46. The Morgan fingerprint density at radius 3 is 2.00 bits per heavy atom. The van der Waals surface area contributed by atoms with Gasteiger partial charge in [-0.3, -0.25) is 9.59 Å². The molecule has 0 saturated heterocycles. The minimum absolute atomic E-state index is 0.0783. The number of hydrogen-bond donors (Lipinski definition) is 1. The third kappa shape index (κ3) is 16.9. The Morgan fingerprint density at radius 1 is 0.857 bits per heavy atom. The number of carbonyl (C=O) groups is 2. The number of ether oxygens (including phenoxy) is 1. The third-order valence-corrected chi connectivity index (χ3v) is 3.46. The van der Waals surface area contributed by atoms with Crippen LogP contribution in [0.4, 0.5) is 0 Å². The zero-order valence-electron chi connectivity index (χ0n) is 13.7. The Balaban J connectivity index is 3.21. The van der Waals surface area contributed by atoms with Gasteiger partial charge in [-0.1, -0.05) is 46.0 Å². The lowest BCUT2D eigenvalue weighted by molar-refractivity contribution is -0.144. The van der Waals surface area contributed by atoms with E-state index in [9.17, 15) is 9.59 Å². The molecule has 0 amide bonds. The maximum Gasteiger partial charge on any atom is 0.305 e. The maximum atomic E-state index is 11.5. The lowest BCUT2D eigenvalue weighted by Gasteiger charge is -2.06. The molecular formula is C17H32O4. The van der Waals surface area contributed by atoms with Gasteiger partial charge in [-0.25, -0.2) is 0 Å². The first-order chi connectivity index (χ1) is 10.0. The number of esters is 1. The molecule has 4 heteroatoms. The largest absolute Gasteiger partial charge is 0.481 e. The molecule has 0 spiro atoms. The predicted molar refractivity (Wildman–Crippen MR) is 84.2 cm³/mol. The number of carbonyl (C=O) groups excluding carboxylic acids is 1. The van der Waals surface area contributed by atoms with Crippen LogP contribution in [0.3, 0.4) is 0 Å². The summed E-state index contributed by atoms with van der Waals surface area (Å²) in [6, 6.07) is 0. The zero-order valence-corrected chi connectivity index (χ0v) is 13.7. The highest BCUT2D eigenvalue weighted by atomic mass is 16.5. The summed E-state index contributed by atoms with van der Waals surface area (Å²) in [6.45, 7) is 4.96. The minimum Gasteiger partial charge on any atom is -0.481 e. The number of carboxylic acids is 1. The molecule has 0 aliphatic carbocycles. The number of unbranched alkanes of at least 4 members (excludes halogenated alkanes) is 6. The molecular weight excluding hydrogens is 268 g/mol. The zero-order chi connectivity index (χ0) is 15.9. The second-order valence-corrected chi connectivity index (χ2v) is 6.13. The van der Waals surface area contributed by atoms with Gasteiger partial charge in [-0.2, -0.15) is 0 Å². The van der Waals surface area contributed by atoms with E-state index in [0.29, 0.717) is 13.0 Å². The van der Waals surface area contributed by atoms with Crippen molar-refractivity contribution in [2.45, 2.75) is 84.5 Å². The Hall–Kier alpha value is -1.06. The highest BCUT2D eigenvalue weighted by molar-refractivity contribution is 5.69. The van der Waals surface area contributed by atoms with Crippen LogP contribution < -0.4 is 0 Å². The van der Waals surface area contributed by atoms with Crippen molar-refractivity contribution in [2.75, 3.05) is 6.61 Å². The average Bonchev–Trinajstić information content (AvgIpc) is 2.40. The van der Waals surface area contributed by atoms with Crippen LogP contribution in [-0.4, -0.2) is 23.7 Å². The van der Waals surface area contributed by atoms with Crippen LogP contribution >= 0.6 is 0 Å². The molecule has 0 aromatic carbocycles. The van der Waals surface area contributed by atoms with E-state index in [0.717, 1.165) is 57.3 Å². The van der Waals surface area contributed by atoms with E-state index < -0.39 is 5.97 Å². The average molecular weight is 300 g/mol. The fraction of sp³-hybridized carbons (Fsp3) is 0.882. The summed E-state index contributed by atoms with van der Waals surface area (Å²) < 4.78 is 5.19. The van der Waals surface area contributed by atoms with Gasteiger partial charge >= 0.3 is 11.9 Å². The Labute approximate surface area is 129 Å². The molecule has 0 heterocycles. The van der Waals surface area contributed by atoms with E-state index in [1.54, 1.807) is 0 Å². The van der Waals surface area contributed by atoms with Crippen molar-refractivity contribution in [1.82, 2.24) is 0 Å². The molecule has 0 aliphatic heterocycles.